The van der Waals surface area contributed by atoms with Gasteiger partial charge in [-0.05, 0) is 0 Å². The number of hydrogen-bond donors (Lipinski definition) is 1. The van der Waals surface area contributed by atoms with E-state index in [2.05, 4.69) is 0 Å². The zero-order chi connectivity index (χ0) is 8.95. The maximum Gasteiger partial charge on any atom is -0.0623 e. The molecule has 0 amide bonds. The smallest absolute Gasteiger partial charge is 0.0623 e. The zero-order valence-electron chi connectivity index (χ0n) is 6.17. The zero-order valence-corrected chi connectivity index (χ0v) is 10.1. The van der Waals surface area contributed by atoms with Crippen LogP contribution in [0.4, 0.5) is 0 Å². The third-order valence-corrected chi connectivity index (χ3v) is 0.667. The van der Waals surface area contributed by atoms with E-state index < -0.39 is 20.8 Å². The average molecular weight is 272 g/mol. The van der Waals surface area contributed by atoms with Crippen LogP contribution in [0.1, 0.15) is 0 Å². The fraction of sp³-hybridized carbons (Fsp3) is 0.143. The normalized spacial score (nSPS) is 6.18. The molecule has 0 aliphatic carbocycles. The second-order valence-corrected chi connectivity index (χ2v) is 4.96. The molecule has 0 fully saturated rings. The maximum absolute atomic E-state index is 7.00. The molecule has 0 bridgehead atoms. The van der Waals surface area contributed by atoms with Gasteiger partial charge in [0.05, 0.1) is 0 Å². The maximum atomic E-state index is 7.00. The van der Waals surface area contributed by atoms with Crippen LogP contribution in [-0.2, 0) is 20.8 Å². The quantitative estimate of drug-likeness (QED) is 0.770. The van der Waals surface area contributed by atoms with Crippen molar-refractivity contribution < 1.29 is 26.0 Å². The van der Waals surface area contributed by atoms with E-state index in [0.717, 1.165) is 7.11 Å². The molecule has 1 rings (SSSR count). The number of benzene rings is 1. The van der Waals surface area contributed by atoms with Gasteiger partial charge in [-0.2, -0.15) is 0 Å². The summed E-state index contributed by atoms with van der Waals surface area (Å²) in [6.45, 7) is 0. The summed E-state index contributed by atoms with van der Waals surface area (Å²) in [5.74, 6) is 0. The molecule has 0 heterocycles. The van der Waals surface area contributed by atoms with Crippen LogP contribution in [0.25, 0.3) is 0 Å². The van der Waals surface area contributed by atoms with Crippen LogP contribution in [0, 0.1) is 0 Å². The molecule has 0 aliphatic heterocycles. The van der Waals surface area contributed by atoms with Crippen LogP contribution in [0.3, 0.4) is 0 Å². The molecular weight excluding hydrogens is 262 g/mol. The fourth-order valence-corrected chi connectivity index (χ4v) is 0.385. The predicted molar refractivity (Wildman–Crippen MR) is 46.3 cm³/mol. The van der Waals surface area contributed by atoms with Gasteiger partial charge in [-0.1, -0.05) is 36.4 Å². The number of aliphatic hydroxyl groups is 1. The summed E-state index contributed by atoms with van der Waals surface area (Å²) in [7, 11) is 10.9. The largest absolute Gasteiger partial charge is 0.0623 e. The van der Waals surface area contributed by atoms with E-state index in [1.807, 2.05) is 36.4 Å². The van der Waals surface area contributed by atoms with Crippen LogP contribution < -0.4 is 0 Å². The summed E-state index contributed by atoms with van der Waals surface area (Å²) in [6.07, 6.45) is 0. The van der Waals surface area contributed by atoms with Gasteiger partial charge in [-0.25, -0.2) is 0 Å². The summed E-state index contributed by atoms with van der Waals surface area (Å²) in [5, 5.41) is 7.00. The Balaban J connectivity index is 0. The van der Waals surface area contributed by atoms with Gasteiger partial charge in [0.25, 0.3) is 0 Å². The molecule has 0 unspecified atom stereocenters. The Morgan fingerprint density at radius 3 is 1.00 bits per heavy atom. The van der Waals surface area contributed by atoms with E-state index in [0.29, 0.717) is 0 Å². The summed E-state index contributed by atoms with van der Waals surface area (Å²) in [6, 6.07) is 12.0. The minimum absolute atomic E-state index is 0.826. The third-order valence-electron chi connectivity index (χ3n) is 0.667. The predicted octanol–water partition coefficient (Wildman–Crippen LogP) is 2.67. The van der Waals surface area contributed by atoms with Crippen molar-refractivity contribution in [1.82, 2.24) is 0 Å². The molecule has 0 aromatic heterocycles. The Kier molecular flexibility index (Phi) is 21.8. The topological polar surface area (TPSA) is 20.2 Å². The summed E-state index contributed by atoms with van der Waals surface area (Å²) >= 11 is -0.826. The number of aliphatic hydroxyl groups excluding tert-OH is 1. The van der Waals surface area contributed by atoms with Crippen LogP contribution >= 0.6 is 17.0 Å². The number of hydrogen-bond acceptors (Lipinski definition) is 1. The van der Waals surface area contributed by atoms with Crippen LogP contribution in [0.2, 0.25) is 0 Å². The summed E-state index contributed by atoms with van der Waals surface area (Å²) in [4.78, 5) is 0. The number of rotatable bonds is 0. The molecule has 0 aliphatic rings. The first kappa shape index (κ1) is 14.2. The van der Waals surface area contributed by atoms with Crippen molar-refractivity contribution in [2.24, 2.45) is 0 Å². The van der Waals surface area contributed by atoms with Gasteiger partial charge in [0.1, 0.15) is 0 Å². The molecule has 0 spiro atoms. The van der Waals surface area contributed by atoms with Crippen LogP contribution in [0.5, 0.6) is 0 Å². The molecule has 0 saturated carbocycles. The molecular formula is C7H10Cl2OZr. The van der Waals surface area contributed by atoms with E-state index in [9.17, 15) is 0 Å². The first-order chi connectivity index (χ1) is 5.41. The fourth-order valence-electron chi connectivity index (χ4n) is 0.385. The van der Waals surface area contributed by atoms with Gasteiger partial charge in [0.15, 0.2) is 0 Å². The van der Waals surface area contributed by atoms with E-state index in [1.54, 1.807) is 0 Å². The molecule has 11 heavy (non-hydrogen) atoms. The Morgan fingerprint density at radius 2 is 0.909 bits per heavy atom. The molecule has 0 atom stereocenters. The van der Waals surface area contributed by atoms with Crippen LogP contribution in [-0.4, -0.2) is 12.2 Å². The molecule has 1 nitrogen and oxygen atoms in total. The Labute approximate surface area is 86.0 Å². The minimum Gasteiger partial charge on any atom is -0.0623 e. The van der Waals surface area contributed by atoms with Crippen molar-refractivity contribution in [1.29, 1.82) is 0 Å². The summed E-state index contributed by atoms with van der Waals surface area (Å²) < 4.78 is 0. The first-order valence-electron chi connectivity index (χ1n) is 2.83. The molecule has 0 radical (unpaired) electrons. The second kappa shape index (κ2) is 16.9. The van der Waals surface area contributed by atoms with Gasteiger partial charge >= 0.3 is 37.9 Å². The number of halogens is 2. The van der Waals surface area contributed by atoms with Gasteiger partial charge in [-0.15, -0.1) is 0 Å². The van der Waals surface area contributed by atoms with Gasteiger partial charge in [0, 0.05) is 7.11 Å². The molecule has 4 heteroatoms. The molecule has 62 valence electrons. The van der Waals surface area contributed by atoms with Gasteiger partial charge < -0.3 is 5.11 Å². The van der Waals surface area contributed by atoms with E-state index in [1.165, 1.54) is 0 Å². The standard InChI is InChI=1S/C6H6.CH4O.2ClH.Zr/c1-2-4-6-5-3-1;1-2;;;/h1-6H;2H,1H3;2*1H;/q;;;;+2/p-2. The van der Waals surface area contributed by atoms with Crippen molar-refractivity contribution in [3.63, 3.8) is 0 Å². The third kappa shape index (κ3) is 18.0. The SMILES string of the molecule is CO.[Cl][Zr][Cl].c1ccccc1. The Morgan fingerprint density at radius 1 is 0.818 bits per heavy atom. The molecule has 1 aromatic rings. The average Bonchev–Trinajstić information content (AvgIpc) is 2.12. The monoisotopic (exact) mass is 270 g/mol. The van der Waals surface area contributed by atoms with Crippen molar-refractivity contribution in [2.45, 2.75) is 0 Å². The Hall–Kier alpha value is 0.643. The van der Waals surface area contributed by atoms with E-state index >= 15 is 0 Å². The second-order valence-electron chi connectivity index (χ2n) is 1.23. The molecule has 0 saturated heterocycles. The van der Waals surface area contributed by atoms with E-state index in [-0.39, 0.29) is 0 Å². The van der Waals surface area contributed by atoms with Crippen molar-refractivity contribution in [2.75, 3.05) is 7.11 Å². The van der Waals surface area contributed by atoms with Crippen molar-refractivity contribution >= 4 is 17.0 Å². The molecule has 1 N–H and O–H groups in total. The Bertz CT molecular complexity index is 99.3. The van der Waals surface area contributed by atoms with Gasteiger partial charge in [0.2, 0.25) is 0 Å². The van der Waals surface area contributed by atoms with Crippen molar-refractivity contribution in [3.05, 3.63) is 36.4 Å². The van der Waals surface area contributed by atoms with Crippen molar-refractivity contribution in [3.8, 4) is 0 Å². The molecule has 1 aromatic carbocycles. The summed E-state index contributed by atoms with van der Waals surface area (Å²) in [5.41, 5.74) is 0. The first-order valence-corrected chi connectivity index (χ1v) is 9.16. The van der Waals surface area contributed by atoms with Crippen LogP contribution in [0.15, 0.2) is 36.4 Å². The van der Waals surface area contributed by atoms with E-state index in [4.69, 9.17) is 22.1 Å². The minimum atomic E-state index is -0.826. The van der Waals surface area contributed by atoms with Gasteiger partial charge in [-0.3, -0.25) is 0 Å².